The number of unbranched alkanes of at least 4 members (excludes halogenated alkanes) is 2. The molecule has 0 radical (unpaired) electrons. The predicted octanol–water partition coefficient (Wildman–Crippen LogP) is 5.03. The van der Waals surface area contributed by atoms with Gasteiger partial charge < -0.3 is 4.74 Å². The molecule has 0 aromatic heterocycles. The van der Waals surface area contributed by atoms with Gasteiger partial charge in [-0.05, 0) is 57.8 Å². The monoisotopic (exact) mass is 278 g/mol. The smallest absolute Gasteiger partial charge is 0.308 e. The van der Waals surface area contributed by atoms with E-state index in [1.165, 1.54) is 38.5 Å². The molecule has 0 aromatic rings. The maximum Gasteiger partial charge on any atom is 0.308 e. The minimum Gasteiger partial charge on any atom is -0.466 e. The van der Waals surface area contributed by atoms with E-state index in [9.17, 15) is 4.79 Å². The quantitative estimate of drug-likeness (QED) is 0.387. The standard InChI is InChI=1S/C18H30O2/c1-3-5-6-7-14-12-16-10-8-15(18(19)20-4-2)9-11-17(16)13-14/h14-15H,3-13H2,1-2H3. The number of rotatable bonds is 6. The van der Waals surface area contributed by atoms with Crippen molar-refractivity contribution in [2.45, 2.75) is 78.1 Å². The molecule has 0 unspecified atom stereocenters. The highest BCUT2D eigenvalue weighted by atomic mass is 16.5. The molecule has 20 heavy (non-hydrogen) atoms. The molecule has 0 atom stereocenters. The average molecular weight is 278 g/mol. The summed E-state index contributed by atoms with van der Waals surface area (Å²) in [6.07, 6.45) is 12.4. The first-order valence-corrected chi connectivity index (χ1v) is 8.61. The van der Waals surface area contributed by atoms with Gasteiger partial charge in [0.2, 0.25) is 0 Å². The van der Waals surface area contributed by atoms with Gasteiger partial charge in [-0.25, -0.2) is 0 Å². The molecule has 0 bridgehead atoms. The van der Waals surface area contributed by atoms with Crippen molar-refractivity contribution in [2.75, 3.05) is 6.61 Å². The molecule has 0 amide bonds. The van der Waals surface area contributed by atoms with Crippen LogP contribution in [0.5, 0.6) is 0 Å². The zero-order chi connectivity index (χ0) is 14.4. The van der Waals surface area contributed by atoms with Crippen molar-refractivity contribution in [3.8, 4) is 0 Å². The molecule has 2 nitrogen and oxygen atoms in total. The molecule has 0 saturated heterocycles. The van der Waals surface area contributed by atoms with Gasteiger partial charge in [-0.2, -0.15) is 0 Å². The number of hydrogen-bond donors (Lipinski definition) is 0. The summed E-state index contributed by atoms with van der Waals surface area (Å²) in [5.74, 6) is 1.10. The number of ether oxygens (including phenoxy) is 1. The molecular weight excluding hydrogens is 248 g/mol. The van der Waals surface area contributed by atoms with Crippen molar-refractivity contribution in [1.29, 1.82) is 0 Å². The van der Waals surface area contributed by atoms with Gasteiger partial charge in [-0.1, -0.05) is 37.3 Å². The van der Waals surface area contributed by atoms with Gasteiger partial charge in [-0.3, -0.25) is 4.79 Å². The minimum atomic E-state index is 0.0353. The highest BCUT2D eigenvalue weighted by molar-refractivity contribution is 5.72. The molecule has 0 fully saturated rings. The average Bonchev–Trinajstić information content (AvgIpc) is 2.71. The first-order chi connectivity index (χ1) is 9.74. The first-order valence-electron chi connectivity index (χ1n) is 8.61. The van der Waals surface area contributed by atoms with E-state index < -0.39 is 0 Å². The lowest BCUT2D eigenvalue weighted by atomic mass is 9.92. The van der Waals surface area contributed by atoms with Crippen LogP contribution >= 0.6 is 0 Å². The summed E-state index contributed by atoms with van der Waals surface area (Å²) in [5.41, 5.74) is 3.39. The van der Waals surface area contributed by atoms with E-state index >= 15 is 0 Å². The molecule has 0 saturated carbocycles. The van der Waals surface area contributed by atoms with Crippen molar-refractivity contribution in [2.24, 2.45) is 11.8 Å². The number of esters is 1. The maximum atomic E-state index is 11.9. The number of hydrogen-bond acceptors (Lipinski definition) is 2. The molecule has 2 rings (SSSR count). The second kappa shape index (κ2) is 7.85. The van der Waals surface area contributed by atoms with Crippen LogP contribution in [0.4, 0.5) is 0 Å². The second-order valence-corrected chi connectivity index (χ2v) is 6.50. The Morgan fingerprint density at radius 3 is 2.30 bits per heavy atom. The predicted molar refractivity (Wildman–Crippen MR) is 82.5 cm³/mol. The van der Waals surface area contributed by atoms with Crippen LogP contribution in [0.15, 0.2) is 11.1 Å². The summed E-state index contributed by atoms with van der Waals surface area (Å²) in [7, 11) is 0. The second-order valence-electron chi connectivity index (χ2n) is 6.50. The Labute approximate surface area is 124 Å². The lowest BCUT2D eigenvalue weighted by Crippen LogP contribution is -2.17. The van der Waals surface area contributed by atoms with Gasteiger partial charge in [0.1, 0.15) is 0 Å². The molecule has 2 aliphatic carbocycles. The molecule has 0 aliphatic heterocycles. The molecule has 0 spiro atoms. The van der Waals surface area contributed by atoms with E-state index in [4.69, 9.17) is 4.74 Å². The molecule has 0 aromatic carbocycles. The fourth-order valence-electron chi connectivity index (χ4n) is 3.84. The zero-order valence-corrected chi connectivity index (χ0v) is 13.2. The van der Waals surface area contributed by atoms with E-state index in [1.807, 2.05) is 6.92 Å². The molecule has 114 valence electrons. The van der Waals surface area contributed by atoms with Gasteiger partial charge in [-0.15, -0.1) is 0 Å². The number of allylic oxidation sites excluding steroid dienone is 2. The highest BCUT2D eigenvalue weighted by Gasteiger charge is 2.29. The summed E-state index contributed by atoms with van der Waals surface area (Å²) < 4.78 is 5.19. The van der Waals surface area contributed by atoms with Crippen molar-refractivity contribution in [1.82, 2.24) is 0 Å². The SMILES string of the molecule is CCCCCC1CC2=C(CCC(C(=O)OCC)CC2)C1. The van der Waals surface area contributed by atoms with Crippen LogP contribution in [0.2, 0.25) is 0 Å². The van der Waals surface area contributed by atoms with E-state index in [1.54, 1.807) is 11.1 Å². The van der Waals surface area contributed by atoms with Crippen LogP contribution in [-0.4, -0.2) is 12.6 Å². The molecular formula is C18H30O2. The van der Waals surface area contributed by atoms with E-state index in [-0.39, 0.29) is 11.9 Å². The summed E-state index contributed by atoms with van der Waals surface area (Å²) in [4.78, 5) is 11.9. The van der Waals surface area contributed by atoms with Crippen molar-refractivity contribution in [3.63, 3.8) is 0 Å². The fourth-order valence-corrected chi connectivity index (χ4v) is 3.84. The minimum absolute atomic E-state index is 0.0353. The Kier molecular flexibility index (Phi) is 6.12. The topological polar surface area (TPSA) is 26.3 Å². The molecule has 2 aliphatic rings. The van der Waals surface area contributed by atoms with Crippen LogP contribution in [0.1, 0.15) is 78.1 Å². The molecule has 0 heterocycles. The van der Waals surface area contributed by atoms with Crippen LogP contribution < -0.4 is 0 Å². The van der Waals surface area contributed by atoms with Gasteiger partial charge in [0.25, 0.3) is 0 Å². The highest BCUT2D eigenvalue weighted by Crippen LogP contribution is 2.42. The molecule has 0 N–H and O–H groups in total. The Hall–Kier alpha value is -0.790. The van der Waals surface area contributed by atoms with Crippen LogP contribution in [0.3, 0.4) is 0 Å². The third-order valence-electron chi connectivity index (χ3n) is 5.00. The third-order valence-corrected chi connectivity index (χ3v) is 5.00. The van der Waals surface area contributed by atoms with Crippen molar-refractivity contribution in [3.05, 3.63) is 11.1 Å². The summed E-state index contributed by atoms with van der Waals surface area (Å²) in [5, 5.41) is 0. The van der Waals surface area contributed by atoms with Gasteiger partial charge in [0, 0.05) is 0 Å². The fraction of sp³-hybridized carbons (Fsp3) is 0.833. The van der Waals surface area contributed by atoms with Crippen LogP contribution in [-0.2, 0) is 9.53 Å². The zero-order valence-electron chi connectivity index (χ0n) is 13.2. The normalized spacial score (nSPS) is 20.9. The first kappa shape index (κ1) is 15.6. The lowest BCUT2D eigenvalue weighted by Gasteiger charge is -2.15. The number of carbonyl (C=O) groups excluding carboxylic acids is 1. The summed E-state index contributed by atoms with van der Waals surface area (Å²) in [6.45, 7) is 4.69. The van der Waals surface area contributed by atoms with Gasteiger partial charge in [0.05, 0.1) is 12.5 Å². The largest absolute Gasteiger partial charge is 0.466 e. The Morgan fingerprint density at radius 2 is 1.75 bits per heavy atom. The Morgan fingerprint density at radius 1 is 1.10 bits per heavy atom. The maximum absolute atomic E-state index is 11.9. The summed E-state index contributed by atoms with van der Waals surface area (Å²) in [6, 6.07) is 0. The molecule has 2 heteroatoms. The van der Waals surface area contributed by atoms with E-state index in [2.05, 4.69) is 6.92 Å². The van der Waals surface area contributed by atoms with Crippen molar-refractivity contribution < 1.29 is 9.53 Å². The lowest BCUT2D eigenvalue weighted by molar-refractivity contribution is -0.148. The number of carbonyl (C=O) groups is 1. The summed E-state index contributed by atoms with van der Waals surface area (Å²) >= 11 is 0. The van der Waals surface area contributed by atoms with Crippen LogP contribution in [0, 0.1) is 11.8 Å². The Bertz CT molecular complexity index is 336. The third kappa shape index (κ3) is 4.10. The van der Waals surface area contributed by atoms with Gasteiger partial charge >= 0.3 is 5.97 Å². The van der Waals surface area contributed by atoms with E-state index in [0.717, 1.165) is 31.6 Å². The van der Waals surface area contributed by atoms with Crippen LogP contribution in [0.25, 0.3) is 0 Å². The van der Waals surface area contributed by atoms with E-state index in [0.29, 0.717) is 6.61 Å². The van der Waals surface area contributed by atoms with Gasteiger partial charge in [0.15, 0.2) is 0 Å². The Balaban J connectivity index is 1.78. The van der Waals surface area contributed by atoms with Crippen molar-refractivity contribution >= 4 is 5.97 Å².